The molecule has 1 saturated carbocycles. The summed E-state index contributed by atoms with van der Waals surface area (Å²) in [6.07, 6.45) is 9.65. The first-order valence-corrected chi connectivity index (χ1v) is 7.49. The molecule has 20 heavy (non-hydrogen) atoms. The van der Waals surface area contributed by atoms with E-state index in [-0.39, 0.29) is 5.91 Å². The van der Waals surface area contributed by atoms with E-state index in [0.717, 1.165) is 23.1 Å². The molecule has 1 fully saturated rings. The van der Waals surface area contributed by atoms with Crippen LogP contribution in [0.3, 0.4) is 0 Å². The Balaban J connectivity index is 1.78. The van der Waals surface area contributed by atoms with Crippen LogP contribution >= 0.6 is 15.9 Å². The zero-order valence-corrected chi connectivity index (χ0v) is 12.5. The van der Waals surface area contributed by atoms with Gasteiger partial charge in [0.25, 0.3) is 5.91 Å². The van der Waals surface area contributed by atoms with Crippen LogP contribution in [0.4, 0.5) is 5.82 Å². The summed E-state index contributed by atoms with van der Waals surface area (Å²) in [5, 5.41) is 7.25. The fourth-order valence-electron chi connectivity index (χ4n) is 2.58. The maximum absolute atomic E-state index is 12.2. The average molecular weight is 335 g/mol. The van der Waals surface area contributed by atoms with Gasteiger partial charge < -0.3 is 5.32 Å². The minimum Gasteiger partial charge on any atom is -0.307 e. The zero-order chi connectivity index (χ0) is 13.9. The third-order valence-corrected chi connectivity index (χ3v) is 3.98. The SMILES string of the molecule is O=C(Nc1ccnn1C1CCCC1)c1cncc(Br)c1. The van der Waals surface area contributed by atoms with E-state index in [4.69, 9.17) is 0 Å². The van der Waals surface area contributed by atoms with Gasteiger partial charge in [-0.3, -0.25) is 9.78 Å². The van der Waals surface area contributed by atoms with Crippen LogP contribution in [0.5, 0.6) is 0 Å². The number of hydrogen-bond donors (Lipinski definition) is 1. The minimum atomic E-state index is -0.168. The van der Waals surface area contributed by atoms with Crippen molar-refractivity contribution in [3.05, 3.63) is 40.8 Å². The molecule has 2 aromatic rings. The van der Waals surface area contributed by atoms with Gasteiger partial charge in [0.15, 0.2) is 0 Å². The first-order chi connectivity index (χ1) is 9.74. The molecule has 2 heterocycles. The number of pyridine rings is 1. The lowest BCUT2D eigenvalue weighted by Gasteiger charge is -2.14. The van der Waals surface area contributed by atoms with Crippen molar-refractivity contribution in [1.29, 1.82) is 0 Å². The number of anilines is 1. The second-order valence-corrected chi connectivity index (χ2v) is 5.86. The van der Waals surface area contributed by atoms with Gasteiger partial charge in [0.2, 0.25) is 0 Å². The van der Waals surface area contributed by atoms with Crippen molar-refractivity contribution < 1.29 is 4.79 Å². The van der Waals surface area contributed by atoms with E-state index >= 15 is 0 Å². The van der Waals surface area contributed by atoms with Crippen LogP contribution in [0.2, 0.25) is 0 Å². The lowest BCUT2D eigenvalue weighted by atomic mass is 10.2. The lowest BCUT2D eigenvalue weighted by molar-refractivity contribution is 0.102. The summed E-state index contributed by atoms with van der Waals surface area (Å²) in [5.74, 6) is 0.584. The second kappa shape index (κ2) is 5.75. The van der Waals surface area contributed by atoms with Crippen molar-refractivity contribution >= 4 is 27.7 Å². The first kappa shape index (κ1) is 13.3. The number of halogens is 1. The Morgan fingerprint density at radius 3 is 2.90 bits per heavy atom. The highest BCUT2D eigenvalue weighted by atomic mass is 79.9. The van der Waals surface area contributed by atoms with Crippen LogP contribution < -0.4 is 5.32 Å². The summed E-state index contributed by atoms with van der Waals surface area (Å²) in [4.78, 5) is 16.2. The Kier molecular flexibility index (Phi) is 3.82. The fourth-order valence-corrected chi connectivity index (χ4v) is 2.94. The third kappa shape index (κ3) is 2.75. The number of aromatic nitrogens is 3. The van der Waals surface area contributed by atoms with Crippen LogP contribution in [0.15, 0.2) is 35.2 Å². The maximum atomic E-state index is 12.2. The number of carbonyl (C=O) groups excluding carboxylic acids is 1. The summed E-state index contributed by atoms with van der Waals surface area (Å²) in [6, 6.07) is 3.99. The number of amides is 1. The first-order valence-electron chi connectivity index (χ1n) is 6.69. The Morgan fingerprint density at radius 2 is 2.15 bits per heavy atom. The molecule has 0 atom stereocenters. The standard InChI is InChI=1S/C14H15BrN4O/c15-11-7-10(8-16-9-11)14(20)18-13-5-6-17-19(13)12-3-1-2-4-12/h5-9,12H,1-4H2,(H,18,20). The largest absolute Gasteiger partial charge is 0.307 e. The van der Waals surface area contributed by atoms with Gasteiger partial charge in [-0.05, 0) is 34.8 Å². The zero-order valence-electron chi connectivity index (χ0n) is 10.9. The Morgan fingerprint density at radius 1 is 1.35 bits per heavy atom. The minimum absolute atomic E-state index is 0.168. The predicted molar refractivity (Wildman–Crippen MR) is 79.6 cm³/mol. The number of nitrogens with one attached hydrogen (secondary N) is 1. The van der Waals surface area contributed by atoms with Crippen molar-refractivity contribution in [3.63, 3.8) is 0 Å². The number of rotatable bonds is 3. The highest BCUT2D eigenvalue weighted by molar-refractivity contribution is 9.10. The monoisotopic (exact) mass is 334 g/mol. The van der Waals surface area contributed by atoms with Crippen LogP contribution in [0, 0.1) is 0 Å². The Bertz CT molecular complexity index is 619. The van der Waals surface area contributed by atoms with E-state index in [1.165, 1.54) is 12.8 Å². The highest BCUT2D eigenvalue weighted by Gasteiger charge is 2.20. The van der Waals surface area contributed by atoms with Gasteiger partial charge in [-0.2, -0.15) is 5.10 Å². The van der Waals surface area contributed by atoms with Crippen LogP contribution in [0.25, 0.3) is 0 Å². The van der Waals surface area contributed by atoms with Gasteiger partial charge in [0.1, 0.15) is 5.82 Å². The lowest BCUT2D eigenvalue weighted by Crippen LogP contribution is -2.17. The fraction of sp³-hybridized carbons (Fsp3) is 0.357. The van der Waals surface area contributed by atoms with Crippen molar-refractivity contribution in [1.82, 2.24) is 14.8 Å². The summed E-state index contributed by atoms with van der Waals surface area (Å²) in [7, 11) is 0. The van der Waals surface area contributed by atoms with E-state index in [1.54, 1.807) is 24.7 Å². The molecule has 6 heteroatoms. The number of carbonyl (C=O) groups is 1. The molecule has 0 spiro atoms. The van der Waals surface area contributed by atoms with Gasteiger partial charge >= 0.3 is 0 Å². The summed E-state index contributed by atoms with van der Waals surface area (Å²) < 4.78 is 2.71. The molecule has 0 saturated heterocycles. The van der Waals surface area contributed by atoms with Crippen molar-refractivity contribution in [2.45, 2.75) is 31.7 Å². The topological polar surface area (TPSA) is 59.8 Å². The molecule has 0 bridgehead atoms. The highest BCUT2D eigenvalue weighted by Crippen LogP contribution is 2.31. The molecule has 3 rings (SSSR count). The van der Waals surface area contributed by atoms with E-state index in [1.807, 2.05) is 10.7 Å². The van der Waals surface area contributed by atoms with E-state index in [9.17, 15) is 4.79 Å². The smallest absolute Gasteiger partial charge is 0.258 e. The van der Waals surface area contributed by atoms with Crippen molar-refractivity contribution in [2.75, 3.05) is 5.32 Å². The summed E-state index contributed by atoms with van der Waals surface area (Å²) in [6.45, 7) is 0. The molecule has 5 nitrogen and oxygen atoms in total. The summed E-state index contributed by atoms with van der Waals surface area (Å²) in [5.41, 5.74) is 0.526. The molecule has 0 aromatic carbocycles. The molecular weight excluding hydrogens is 320 g/mol. The molecular formula is C14H15BrN4O. The number of hydrogen-bond acceptors (Lipinski definition) is 3. The molecule has 104 valence electrons. The van der Waals surface area contributed by atoms with E-state index < -0.39 is 0 Å². The van der Waals surface area contributed by atoms with Gasteiger partial charge in [-0.25, -0.2) is 4.68 Å². The van der Waals surface area contributed by atoms with Crippen LogP contribution in [-0.4, -0.2) is 20.7 Å². The molecule has 0 radical (unpaired) electrons. The molecule has 0 aliphatic heterocycles. The molecule has 1 aliphatic rings. The van der Waals surface area contributed by atoms with Gasteiger partial charge in [0.05, 0.1) is 17.8 Å². The molecule has 1 aliphatic carbocycles. The van der Waals surface area contributed by atoms with Crippen molar-refractivity contribution in [3.8, 4) is 0 Å². The van der Waals surface area contributed by atoms with Gasteiger partial charge in [-0.1, -0.05) is 12.8 Å². The summed E-state index contributed by atoms with van der Waals surface area (Å²) >= 11 is 3.32. The number of nitrogens with zero attached hydrogens (tertiary/aromatic N) is 3. The normalized spacial score (nSPS) is 15.4. The van der Waals surface area contributed by atoms with Crippen LogP contribution in [0.1, 0.15) is 42.1 Å². The Hall–Kier alpha value is -1.69. The van der Waals surface area contributed by atoms with Crippen molar-refractivity contribution in [2.24, 2.45) is 0 Å². The molecule has 0 unspecified atom stereocenters. The predicted octanol–water partition coefficient (Wildman–Crippen LogP) is 3.41. The van der Waals surface area contributed by atoms with Gasteiger partial charge in [0, 0.05) is 22.9 Å². The van der Waals surface area contributed by atoms with E-state index in [2.05, 4.69) is 31.3 Å². The maximum Gasteiger partial charge on any atom is 0.258 e. The Labute approximate surface area is 125 Å². The quantitative estimate of drug-likeness (QED) is 0.935. The molecule has 2 aromatic heterocycles. The molecule has 1 amide bonds. The van der Waals surface area contributed by atoms with E-state index in [0.29, 0.717) is 11.6 Å². The second-order valence-electron chi connectivity index (χ2n) is 4.95. The van der Waals surface area contributed by atoms with Gasteiger partial charge in [-0.15, -0.1) is 0 Å². The third-order valence-electron chi connectivity index (χ3n) is 3.55. The average Bonchev–Trinajstić information content (AvgIpc) is 3.08. The molecule has 1 N–H and O–H groups in total. The van der Waals surface area contributed by atoms with Crippen LogP contribution in [-0.2, 0) is 0 Å².